The Hall–Kier alpha value is -6.62. The van der Waals surface area contributed by atoms with Crippen LogP contribution in [0.25, 0.3) is 0 Å². The van der Waals surface area contributed by atoms with Crippen LogP contribution in [0.3, 0.4) is 0 Å². The maximum atomic E-state index is 13.6. The fourth-order valence-electron chi connectivity index (χ4n) is 6.05. The van der Waals surface area contributed by atoms with Gasteiger partial charge in [0, 0.05) is 19.7 Å². The number of benzene rings is 4. The van der Waals surface area contributed by atoms with Crippen LogP contribution in [0.4, 0.5) is 0 Å². The summed E-state index contributed by atoms with van der Waals surface area (Å²) in [5.41, 5.74) is 1.05. The maximum absolute atomic E-state index is 13.6. The van der Waals surface area contributed by atoms with Crippen LogP contribution < -0.4 is 4.74 Å². The minimum absolute atomic E-state index is 0.0235. The summed E-state index contributed by atoms with van der Waals surface area (Å²) >= 11 is 0. The van der Waals surface area contributed by atoms with E-state index in [0.717, 1.165) is 6.07 Å². The molecule has 58 heavy (non-hydrogen) atoms. The average molecular weight is 796 g/mol. The van der Waals surface area contributed by atoms with Gasteiger partial charge >= 0.3 is 23.9 Å². The Morgan fingerprint density at radius 1 is 0.724 bits per heavy atom. The van der Waals surface area contributed by atoms with Crippen LogP contribution >= 0.6 is 0 Å². The summed E-state index contributed by atoms with van der Waals surface area (Å²) in [6.45, 7) is 0.548. The predicted molar refractivity (Wildman–Crippen MR) is 202 cm³/mol. The van der Waals surface area contributed by atoms with E-state index in [4.69, 9.17) is 33.2 Å². The number of rotatable bonds is 18. The molecule has 0 saturated carbocycles. The molecule has 6 rings (SSSR count). The van der Waals surface area contributed by atoms with E-state index in [2.05, 4.69) is 10.3 Å². The second-order valence-electron chi connectivity index (χ2n) is 13.1. The second kappa shape index (κ2) is 20.0. The van der Waals surface area contributed by atoms with E-state index in [1.807, 2.05) is 0 Å². The van der Waals surface area contributed by atoms with E-state index < -0.39 is 54.6 Å². The molecule has 5 atom stereocenters. The number of carboxylic acid groups (broad SMARTS) is 1. The minimum Gasteiger partial charge on any atom is -0.508 e. The molecule has 1 fully saturated rings. The van der Waals surface area contributed by atoms with Gasteiger partial charge in [-0.3, -0.25) is 4.68 Å². The molecule has 0 bridgehead atoms. The topological polar surface area (TPSA) is 204 Å². The Kier molecular flexibility index (Phi) is 14.1. The molecule has 0 spiro atoms. The molecule has 0 unspecified atom stereocenters. The monoisotopic (exact) mass is 795 g/mol. The lowest BCUT2D eigenvalue weighted by Gasteiger charge is -2.44. The Balaban J connectivity index is 1.14. The molecule has 1 saturated heterocycles. The van der Waals surface area contributed by atoms with Gasteiger partial charge in [0.25, 0.3) is 0 Å². The van der Waals surface area contributed by atoms with Gasteiger partial charge < -0.3 is 43.4 Å². The van der Waals surface area contributed by atoms with Crippen molar-refractivity contribution in [3.05, 3.63) is 143 Å². The van der Waals surface area contributed by atoms with Crippen LogP contribution in [-0.4, -0.2) is 100 Å². The van der Waals surface area contributed by atoms with Crippen molar-refractivity contribution in [2.24, 2.45) is 0 Å². The van der Waals surface area contributed by atoms with Crippen LogP contribution in [0, 0.1) is 0 Å². The van der Waals surface area contributed by atoms with Crippen molar-refractivity contribution in [3.8, 4) is 11.5 Å². The van der Waals surface area contributed by atoms with Crippen LogP contribution in [0.2, 0.25) is 0 Å². The maximum Gasteiger partial charge on any atom is 0.338 e. The minimum atomic E-state index is -1.42. The third kappa shape index (κ3) is 11.0. The number of phenolic OH excluding ortho intramolecular Hbond substituents is 1. The zero-order valence-corrected chi connectivity index (χ0v) is 31.3. The zero-order chi connectivity index (χ0) is 40.9. The first-order valence-electron chi connectivity index (χ1n) is 18.3. The van der Waals surface area contributed by atoms with E-state index in [1.54, 1.807) is 102 Å². The summed E-state index contributed by atoms with van der Waals surface area (Å²) in [6, 6.07) is 28.4. The molecule has 1 aromatic heterocycles. The summed E-state index contributed by atoms with van der Waals surface area (Å²) < 4.78 is 43.1. The summed E-state index contributed by atoms with van der Waals surface area (Å²) in [5.74, 6) is -3.39. The Morgan fingerprint density at radius 2 is 1.29 bits per heavy atom. The lowest BCUT2D eigenvalue weighted by molar-refractivity contribution is -0.294. The molecular weight excluding hydrogens is 754 g/mol. The molecule has 0 amide bonds. The van der Waals surface area contributed by atoms with Crippen molar-refractivity contribution in [1.29, 1.82) is 0 Å². The number of methoxy groups -OCH3 is 1. The quantitative estimate of drug-likeness (QED) is 0.0672. The van der Waals surface area contributed by atoms with Crippen LogP contribution in [0.1, 0.15) is 60.0 Å². The van der Waals surface area contributed by atoms with E-state index in [0.29, 0.717) is 25.1 Å². The molecule has 4 aromatic carbocycles. The SMILES string of the molecule is CO[C@H]1O[C@H](COCc2cn(CCCCOc3cc(O)cc(C(=O)O)c3)nn2)[C@@H](OC(=O)c2ccccc2)[C@H](OC(=O)c2ccccc2)[C@H]1OC(=O)c1ccccc1. The number of aromatic hydroxyl groups is 1. The van der Waals surface area contributed by atoms with Gasteiger partial charge in [-0.25, -0.2) is 19.2 Å². The van der Waals surface area contributed by atoms with Crippen molar-refractivity contribution >= 4 is 23.9 Å². The molecule has 1 aliphatic heterocycles. The molecular formula is C42H41N3O13. The fourth-order valence-corrected chi connectivity index (χ4v) is 6.05. The number of aromatic carboxylic acids is 1. The van der Waals surface area contributed by atoms with Crippen molar-refractivity contribution in [3.63, 3.8) is 0 Å². The highest BCUT2D eigenvalue weighted by Gasteiger charge is 2.53. The van der Waals surface area contributed by atoms with Gasteiger partial charge in [0.1, 0.15) is 23.3 Å². The number of hydrogen-bond acceptors (Lipinski definition) is 14. The van der Waals surface area contributed by atoms with Gasteiger partial charge in [-0.15, -0.1) is 5.10 Å². The number of hydrogen-bond donors (Lipinski definition) is 2. The largest absolute Gasteiger partial charge is 0.508 e. The number of nitrogens with zero attached hydrogens (tertiary/aromatic N) is 3. The number of aromatic nitrogens is 3. The first-order chi connectivity index (χ1) is 28.2. The Labute approximate surface area is 332 Å². The van der Waals surface area contributed by atoms with Gasteiger partial charge in [0.2, 0.25) is 0 Å². The standard InChI is InChI=1S/C42H41N3O13/c1-52-42-37(58-41(51)29-17-9-4-10-18-29)36(57-40(50)28-15-7-3-8-16-28)35(56-39(49)27-13-5-2-6-14-27)34(55-42)26-53-25-31-24-45(44-43-31)19-11-12-20-54-33-22-30(38(47)48)21-32(46)23-33/h2-10,13-18,21-24,34-37,42,46H,11-12,19-20,25-26H2,1H3,(H,47,48)/t34-,35-,36+,37-,42+/m1/s1. The van der Waals surface area contributed by atoms with Gasteiger partial charge in [-0.1, -0.05) is 59.8 Å². The van der Waals surface area contributed by atoms with E-state index in [1.165, 1.54) is 19.2 Å². The lowest BCUT2D eigenvalue weighted by Crippen LogP contribution is -2.62. The molecule has 5 aromatic rings. The summed E-state index contributed by atoms with van der Waals surface area (Å²) in [7, 11) is 1.34. The van der Waals surface area contributed by atoms with Gasteiger partial charge in [0.15, 0.2) is 24.6 Å². The highest BCUT2D eigenvalue weighted by Crippen LogP contribution is 2.31. The number of aryl methyl sites for hydroxylation is 1. The van der Waals surface area contributed by atoms with Crippen LogP contribution in [0.15, 0.2) is 115 Å². The first-order valence-corrected chi connectivity index (χ1v) is 18.3. The fraction of sp³-hybridized carbons (Fsp3) is 0.286. The van der Waals surface area contributed by atoms with Gasteiger partial charge in [0.05, 0.1) is 48.3 Å². The molecule has 1 aliphatic rings. The first kappa shape index (κ1) is 41.0. The number of carbonyl (C=O) groups excluding carboxylic acids is 3. The predicted octanol–water partition coefficient (Wildman–Crippen LogP) is 5.11. The van der Waals surface area contributed by atoms with Gasteiger partial charge in [-0.05, 0) is 61.4 Å². The van der Waals surface area contributed by atoms with E-state index in [-0.39, 0.29) is 53.6 Å². The molecule has 302 valence electrons. The molecule has 0 aliphatic carbocycles. The zero-order valence-electron chi connectivity index (χ0n) is 31.3. The number of unbranched alkanes of at least 4 members (excludes halogenated alkanes) is 1. The highest BCUT2D eigenvalue weighted by molar-refractivity contribution is 5.91. The molecule has 0 radical (unpaired) electrons. The average Bonchev–Trinajstić information content (AvgIpc) is 3.70. The van der Waals surface area contributed by atoms with Crippen molar-refractivity contribution < 1.29 is 62.5 Å². The van der Waals surface area contributed by atoms with E-state index in [9.17, 15) is 29.4 Å². The summed E-state index contributed by atoms with van der Waals surface area (Å²) in [5, 5.41) is 27.3. The molecule has 2 N–H and O–H groups in total. The van der Waals surface area contributed by atoms with Crippen molar-refractivity contribution in [2.45, 2.75) is 56.7 Å². The van der Waals surface area contributed by atoms with Gasteiger partial charge in [-0.2, -0.15) is 0 Å². The normalized spacial score (nSPS) is 18.8. The number of esters is 3. The summed E-state index contributed by atoms with van der Waals surface area (Å²) in [6.07, 6.45) is -3.58. The van der Waals surface area contributed by atoms with E-state index >= 15 is 0 Å². The van der Waals surface area contributed by atoms with Crippen molar-refractivity contribution in [1.82, 2.24) is 15.0 Å². The Bertz CT molecular complexity index is 2130. The molecule has 16 heteroatoms. The van der Waals surface area contributed by atoms with Crippen LogP contribution in [0.5, 0.6) is 11.5 Å². The lowest BCUT2D eigenvalue weighted by atomic mass is 9.97. The Morgan fingerprint density at radius 3 is 1.86 bits per heavy atom. The van der Waals surface area contributed by atoms with Crippen LogP contribution in [-0.2, 0) is 41.6 Å². The molecule has 16 nitrogen and oxygen atoms in total. The number of phenols is 1. The summed E-state index contributed by atoms with van der Waals surface area (Å²) in [4.78, 5) is 51.8. The number of carboxylic acids is 1. The third-order valence-corrected chi connectivity index (χ3v) is 8.89. The number of carbonyl (C=O) groups is 4. The second-order valence-corrected chi connectivity index (χ2v) is 13.1. The van der Waals surface area contributed by atoms with Crippen molar-refractivity contribution in [2.75, 3.05) is 20.3 Å². The molecule has 2 heterocycles. The highest BCUT2D eigenvalue weighted by atomic mass is 16.7. The smallest absolute Gasteiger partial charge is 0.338 e. The number of ether oxygens (including phenoxy) is 7. The third-order valence-electron chi connectivity index (χ3n) is 8.89.